The van der Waals surface area contributed by atoms with E-state index >= 15 is 0 Å². The lowest BCUT2D eigenvalue weighted by Gasteiger charge is -2.52. The van der Waals surface area contributed by atoms with Crippen LogP contribution >= 0.6 is 0 Å². The van der Waals surface area contributed by atoms with E-state index in [0.717, 1.165) is 6.42 Å². The van der Waals surface area contributed by atoms with E-state index in [0.29, 0.717) is 5.41 Å². The molecule has 0 aromatic carbocycles. The second-order valence-electron chi connectivity index (χ2n) is 6.96. The van der Waals surface area contributed by atoms with Gasteiger partial charge in [0.1, 0.15) is 0 Å². The van der Waals surface area contributed by atoms with Crippen LogP contribution in [0.1, 0.15) is 72.6 Å². The Morgan fingerprint density at radius 2 is 1.88 bits per heavy atom. The molecular formula is C16H28O. The molecule has 1 aliphatic carbocycles. The lowest BCUT2D eigenvalue weighted by Crippen LogP contribution is -2.51. The molecule has 2 aliphatic rings. The van der Waals surface area contributed by atoms with Gasteiger partial charge in [0.05, 0.1) is 11.2 Å². The molecule has 2 rings (SSSR count). The Kier molecular flexibility index (Phi) is 3.18. The Balaban J connectivity index is 2.35. The molecule has 17 heavy (non-hydrogen) atoms. The third kappa shape index (κ3) is 1.97. The maximum Gasteiger partial charge on any atom is 0.0950 e. The van der Waals surface area contributed by atoms with E-state index in [4.69, 9.17) is 4.74 Å². The van der Waals surface area contributed by atoms with Gasteiger partial charge in [-0.1, -0.05) is 26.8 Å². The maximum absolute atomic E-state index is 6.56. The maximum atomic E-state index is 6.56. The minimum atomic E-state index is -0.0231. The first-order valence-electron chi connectivity index (χ1n) is 7.24. The Hall–Kier alpha value is -0.300. The molecule has 1 saturated carbocycles. The van der Waals surface area contributed by atoms with Crippen molar-refractivity contribution in [3.05, 3.63) is 12.2 Å². The van der Waals surface area contributed by atoms with Crippen LogP contribution in [-0.2, 0) is 4.74 Å². The topological polar surface area (TPSA) is 9.23 Å². The first-order chi connectivity index (χ1) is 7.85. The van der Waals surface area contributed by atoms with Crippen LogP contribution in [0.25, 0.3) is 0 Å². The van der Waals surface area contributed by atoms with E-state index < -0.39 is 0 Å². The van der Waals surface area contributed by atoms with Gasteiger partial charge in [-0.2, -0.15) is 0 Å². The quantitative estimate of drug-likeness (QED) is 0.622. The lowest BCUT2D eigenvalue weighted by molar-refractivity contribution is -0.143. The molecule has 0 aromatic rings. The van der Waals surface area contributed by atoms with E-state index in [9.17, 15) is 0 Å². The zero-order valence-electron chi connectivity index (χ0n) is 12.1. The largest absolute Gasteiger partial charge is 0.364 e. The highest BCUT2D eigenvalue weighted by Crippen LogP contribution is 2.58. The first kappa shape index (κ1) is 13.1. The predicted molar refractivity (Wildman–Crippen MR) is 73.1 cm³/mol. The van der Waals surface area contributed by atoms with Crippen molar-refractivity contribution in [2.45, 2.75) is 83.8 Å². The van der Waals surface area contributed by atoms with E-state index in [1.54, 1.807) is 0 Å². The van der Waals surface area contributed by atoms with E-state index in [1.165, 1.54) is 44.1 Å². The summed E-state index contributed by atoms with van der Waals surface area (Å²) in [6, 6.07) is 0. The Morgan fingerprint density at radius 3 is 2.41 bits per heavy atom. The molecular weight excluding hydrogens is 208 g/mol. The van der Waals surface area contributed by atoms with Gasteiger partial charge >= 0.3 is 0 Å². The van der Waals surface area contributed by atoms with Crippen molar-refractivity contribution in [2.24, 2.45) is 5.41 Å². The summed E-state index contributed by atoms with van der Waals surface area (Å²) >= 11 is 0. The van der Waals surface area contributed by atoms with Crippen LogP contribution in [0.15, 0.2) is 12.2 Å². The summed E-state index contributed by atoms with van der Waals surface area (Å²) in [6.07, 6.45) is 8.62. The summed E-state index contributed by atoms with van der Waals surface area (Å²) in [5.74, 6) is 0. The molecule has 2 atom stereocenters. The third-order valence-electron chi connectivity index (χ3n) is 5.08. The van der Waals surface area contributed by atoms with E-state index in [-0.39, 0.29) is 11.2 Å². The van der Waals surface area contributed by atoms with Crippen LogP contribution in [0.4, 0.5) is 0 Å². The summed E-state index contributed by atoms with van der Waals surface area (Å²) in [5.41, 5.74) is 1.69. The van der Waals surface area contributed by atoms with Crippen LogP contribution in [0, 0.1) is 5.41 Å². The van der Waals surface area contributed by atoms with Gasteiger partial charge in [-0.3, -0.25) is 0 Å². The number of hydrogen-bond donors (Lipinski definition) is 0. The van der Waals surface area contributed by atoms with Crippen molar-refractivity contribution >= 4 is 0 Å². The van der Waals surface area contributed by atoms with Crippen molar-refractivity contribution in [3.8, 4) is 0 Å². The number of rotatable bonds is 2. The van der Waals surface area contributed by atoms with Crippen molar-refractivity contribution < 1.29 is 4.74 Å². The first-order valence-corrected chi connectivity index (χ1v) is 7.24. The van der Waals surface area contributed by atoms with Crippen LogP contribution in [0.3, 0.4) is 0 Å². The summed E-state index contributed by atoms with van der Waals surface area (Å²) < 4.78 is 6.56. The minimum Gasteiger partial charge on any atom is -0.364 e. The molecule has 0 amide bonds. The average Bonchev–Trinajstić information content (AvgIpc) is 2.54. The zero-order valence-corrected chi connectivity index (χ0v) is 12.1. The average molecular weight is 236 g/mol. The van der Waals surface area contributed by atoms with Crippen molar-refractivity contribution in [2.75, 3.05) is 0 Å². The van der Waals surface area contributed by atoms with Crippen LogP contribution in [0.2, 0.25) is 0 Å². The van der Waals surface area contributed by atoms with Gasteiger partial charge in [0, 0.05) is 5.41 Å². The number of hydrogen-bond acceptors (Lipinski definition) is 1. The van der Waals surface area contributed by atoms with Gasteiger partial charge in [0.2, 0.25) is 0 Å². The van der Waals surface area contributed by atoms with Crippen molar-refractivity contribution in [1.82, 2.24) is 0 Å². The third-order valence-corrected chi connectivity index (χ3v) is 5.08. The monoisotopic (exact) mass is 236 g/mol. The Labute approximate surface area is 107 Å². The summed E-state index contributed by atoms with van der Waals surface area (Å²) in [5, 5.41) is 0. The molecule has 1 spiro atoms. The molecule has 1 aliphatic heterocycles. The van der Waals surface area contributed by atoms with Crippen LogP contribution in [-0.4, -0.2) is 11.2 Å². The van der Waals surface area contributed by atoms with Crippen LogP contribution in [0.5, 0.6) is 0 Å². The predicted octanol–water partition coefficient (Wildman–Crippen LogP) is 4.86. The second-order valence-corrected chi connectivity index (χ2v) is 6.96. The molecule has 1 heterocycles. The highest BCUT2D eigenvalue weighted by molar-refractivity contribution is 5.25. The van der Waals surface area contributed by atoms with E-state index in [2.05, 4.69) is 34.3 Å². The fourth-order valence-corrected chi connectivity index (χ4v) is 4.13. The molecule has 0 unspecified atom stereocenters. The molecule has 1 nitrogen and oxygen atoms in total. The molecule has 0 bridgehead atoms. The zero-order chi connectivity index (χ0) is 12.7. The molecule has 1 heteroatoms. The van der Waals surface area contributed by atoms with Gasteiger partial charge in [-0.15, -0.1) is 0 Å². The molecule has 0 N–H and O–H groups in total. The lowest BCUT2D eigenvalue weighted by atomic mass is 9.59. The fraction of sp³-hybridized carbons (Fsp3) is 0.875. The Morgan fingerprint density at radius 1 is 1.18 bits per heavy atom. The summed E-state index contributed by atoms with van der Waals surface area (Å²) in [7, 11) is 0. The minimum absolute atomic E-state index is 0.0231. The molecule has 98 valence electrons. The molecule has 2 fully saturated rings. The van der Waals surface area contributed by atoms with Gasteiger partial charge in [0.25, 0.3) is 0 Å². The fourth-order valence-electron chi connectivity index (χ4n) is 4.13. The van der Waals surface area contributed by atoms with Gasteiger partial charge in [0.15, 0.2) is 0 Å². The normalized spacial score (nSPS) is 41.1. The van der Waals surface area contributed by atoms with Gasteiger partial charge in [-0.05, 0) is 57.9 Å². The van der Waals surface area contributed by atoms with Gasteiger partial charge in [-0.25, -0.2) is 0 Å². The van der Waals surface area contributed by atoms with E-state index in [1.807, 2.05) is 0 Å². The second kappa shape index (κ2) is 4.12. The Bertz CT molecular complexity index is 313. The highest BCUT2D eigenvalue weighted by atomic mass is 16.5. The molecule has 1 saturated heterocycles. The SMILES string of the molecule is C=C1CCC[C@@](C)(CCC)[C@@]12CCC(C)(C)O2. The van der Waals surface area contributed by atoms with Crippen molar-refractivity contribution in [3.63, 3.8) is 0 Å². The molecule has 0 radical (unpaired) electrons. The van der Waals surface area contributed by atoms with Gasteiger partial charge < -0.3 is 4.74 Å². The summed E-state index contributed by atoms with van der Waals surface area (Å²) in [4.78, 5) is 0. The van der Waals surface area contributed by atoms with Crippen LogP contribution < -0.4 is 0 Å². The summed E-state index contributed by atoms with van der Waals surface area (Å²) in [6.45, 7) is 13.6. The smallest absolute Gasteiger partial charge is 0.0950 e. The molecule has 0 aromatic heterocycles. The standard InChI is InChI=1S/C16H28O/c1-6-9-15(5)10-7-8-13(2)16(15)12-11-14(3,4)17-16/h2,6-12H2,1,3-5H3/t15-,16-/m1/s1. The van der Waals surface area contributed by atoms with Crippen molar-refractivity contribution in [1.29, 1.82) is 0 Å². The highest BCUT2D eigenvalue weighted by Gasteiger charge is 2.57. The number of ether oxygens (including phenoxy) is 1.